The van der Waals surface area contributed by atoms with E-state index in [1.54, 1.807) is 0 Å². The minimum Gasteiger partial charge on any atom is -0.455 e. The molecular formula is C42H27NO. The molecular weight excluding hydrogens is 534 g/mol. The molecule has 2 nitrogen and oxygen atoms in total. The zero-order valence-corrected chi connectivity index (χ0v) is 24.0. The van der Waals surface area contributed by atoms with E-state index < -0.39 is 0 Å². The van der Waals surface area contributed by atoms with Crippen LogP contribution in [0.15, 0.2) is 150 Å². The lowest BCUT2D eigenvalue weighted by Gasteiger charge is -2.33. The quantitative estimate of drug-likeness (QED) is 0.205. The third kappa shape index (κ3) is 3.25. The van der Waals surface area contributed by atoms with Crippen molar-refractivity contribution in [3.63, 3.8) is 0 Å². The zero-order chi connectivity index (χ0) is 28.8. The van der Waals surface area contributed by atoms with E-state index in [1.807, 2.05) is 0 Å². The Morgan fingerprint density at radius 1 is 0.523 bits per heavy atom. The Kier molecular flexibility index (Phi) is 4.86. The molecule has 0 saturated heterocycles. The molecule has 0 saturated carbocycles. The molecule has 206 valence electrons. The molecule has 0 fully saturated rings. The molecule has 1 unspecified atom stereocenters. The molecule has 0 radical (unpaired) electrons. The SMILES string of the molecule is C1=C(c2cccc3c2oc2ccc(-n4c5ccccc5c5ccccc54)cc23)CC2C(=C1)c1ccccc1-c1ccccc12. The number of furan rings is 1. The lowest BCUT2D eigenvalue weighted by atomic mass is 9.70. The summed E-state index contributed by atoms with van der Waals surface area (Å²) in [5.74, 6) is 0.322. The van der Waals surface area contributed by atoms with Crippen molar-refractivity contribution in [1.29, 1.82) is 0 Å². The maximum Gasteiger partial charge on any atom is 0.142 e. The van der Waals surface area contributed by atoms with Gasteiger partial charge < -0.3 is 8.98 Å². The van der Waals surface area contributed by atoms with Gasteiger partial charge in [0.2, 0.25) is 0 Å². The molecule has 6 aromatic carbocycles. The van der Waals surface area contributed by atoms with Crippen LogP contribution < -0.4 is 0 Å². The molecule has 2 heteroatoms. The Hall–Kier alpha value is -5.60. The fraction of sp³-hybridized carbons (Fsp3) is 0.0476. The number of hydrogen-bond donors (Lipinski definition) is 0. The van der Waals surface area contributed by atoms with Gasteiger partial charge in [0.1, 0.15) is 11.2 Å². The predicted molar refractivity (Wildman–Crippen MR) is 183 cm³/mol. The van der Waals surface area contributed by atoms with Crippen molar-refractivity contribution in [2.45, 2.75) is 12.3 Å². The van der Waals surface area contributed by atoms with Gasteiger partial charge in [-0.05, 0) is 70.2 Å². The lowest BCUT2D eigenvalue weighted by Crippen LogP contribution is -2.13. The van der Waals surface area contributed by atoms with Crippen LogP contribution in [0.5, 0.6) is 0 Å². The summed E-state index contributed by atoms with van der Waals surface area (Å²) in [4.78, 5) is 0. The number of aromatic nitrogens is 1. The first-order valence-corrected chi connectivity index (χ1v) is 15.4. The Morgan fingerprint density at radius 2 is 1.18 bits per heavy atom. The highest BCUT2D eigenvalue weighted by atomic mass is 16.3. The second-order valence-corrected chi connectivity index (χ2v) is 12.0. The Labute approximate surface area is 254 Å². The molecule has 2 aliphatic carbocycles. The van der Waals surface area contributed by atoms with Crippen LogP contribution in [-0.2, 0) is 0 Å². The first-order valence-electron chi connectivity index (χ1n) is 15.4. The molecule has 0 bridgehead atoms. The highest BCUT2D eigenvalue weighted by Gasteiger charge is 2.31. The highest BCUT2D eigenvalue weighted by Crippen LogP contribution is 2.52. The summed E-state index contributed by atoms with van der Waals surface area (Å²) >= 11 is 0. The molecule has 10 rings (SSSR count). The largest absolute Gasteiger partial charge is 0.455 e. The van der Waals surface area contributed by atoms with Gasteiger partial charge >= 0.3 is 0 Å². The first-order chi connectivity index (χ1) is 21.8. The highest BCUT2D eigenvalue weighted by molar-refractivity contribution is 6.12. The summed E-state index contributed by atoms with van der Waals surface area (Å²) in [6, 6.07) is 48.3. The van der Waals surface area contributed by atoms with E-state index in [4.69, 9.17) is 4.42 Å². The van der Waals surface area contributed by atoms with Crippen LogP contribution in [0.2, 0.25) is 0 Å². The molecule has 0 amide bonds. The van der Waals surface area contributed by atoms with E-state index in [9.17, 15) is 0 Å². The lowest BCUT2D eigenvalue weighted by molar-refractivity contribution is 0.667. The van der Waals surface area contributed by atoms with Gasteiger partial charge in [-0.25, -0.2) is 0 Å². The van der Waals surface area contributed by atoms with Crippen molar-refractivity contribution in [2.24, 2.45) is 0 Å². The number of rotatable bonds is 2. The van der Waals surface area contributed by atoms with Crippen LogP contribution in [-0.4, -0.2) is 4.57 Å². The smallest absolute Gasteiger partial charge is 0.142 e. The zero-order valence-electron chi connectivity index (χ0n) is 24.0. The Balaban J connectivity index is 1.14. The van der Waals surface area contributed by atoms with Crippen LogP contribution in [0.4, 0.5) is 0 Å². The summed E-state index contributed by atoms with van der Waals surface area (Å²) < 4.78 is 9.05. The Morgan fingerprint density at radius 3 is 2.00 bits per heavy atom. The van der Waals surface area contributed by atoms with Crippen LogP contribution in [0.1, 0.15) is 29.0 Å². The van der Waals surface area contributed by atoms with Crippen LogP contribution >= 0.6 is 0 Å². The molecule has 0 aliphatic heterocycles. The topological polar surface area (TPSA) is 18.1 Å². The summed E-state index contributed by atoms with van der Waals surface area (Å²) in [5, 5.41) is 4.84. The average Bonchev–Trinajstić information content (AvgIpc) is 3.64. The molecule has 8 aromatic rings. The van der Waals surface area contributed by atoms with Gasteiger partial charge in [0.15, 0.2) is 0 Å². The van der Waals surface area contributed by atoms with Gasteiger partial charge in [0, 0.05) is 38.7 Å². The van der Waals surface area contributed by atoms with E-state index in [2.05, 4.69) is 150 Å². The number of hydrogen-bond acceptors (Lipinski definition) is 1. The van der Waals surface area contributed by atoms with Crippen molar-refractivity contribution in [1.82, 2.24) is 4.57 Å². The molecule has 2 aromatic heterocycles. The van der Waals surface area contributed by atoms with Gasteiger partial charge in [-0.3, -0.25) is 0 Å². The first kappa shape index (κ1) is 23.9. The second kappa shape index (κ2) is 8.95. The summed E-state index contributed by atoms with van der Waals surface area (Å²) in [5.41, 5.74) is 14.8. The third-order valence-electron chi connectivity index (χ3n) is 9.79. The molecule has 2 heterocycles. The third-order valence-corrected chi connectivity index (χ3v) is 9.79. The molecule has 1 atom stereocenters. The maximum atomic E-state index is 6.68. The van der Waals surface area contributed by atoms with Gasteiger partial charge in [0.05, 0.1) is 11.0 Å². The van der Waals surface area contributed by atoms with E-state index >= 15 is 0 Å². The summed E-state index contributed by atoms with van der Waals surface area (Å²) in [6.07, 6.45) is 5.61. The van der Waals surface area contributed by atoms with Crippen LogP contribution in [0.3, 0.4) is 0 Å². The predicted octanol–water partition coefficient (Wildman–Crippen LogP) is 11.3. The van der Waals surface area contributed by atoms with Crippen molar-refractivity contribution < 1.29 is 4.42 Å². The van der Waals surface area contributed by atoms with Gasteiger partial charge in [0.25, 0.3) is 0 Å². The molecule has 44 heavy (non-hydrogen) atoms. The summed E-state index contributed by atoms with van der Waals surface area (Å²) in [6.45, 7) is 0. The van der Waals surface area contributed by atoms with E-state index in [0.29, 0.717) is 5.92 Å². The fourth-order valence-electron chi connectivity index (χ4n) is 7.85. The van der Waals surface area contributed by atoms with E-state index in [-0.39, 0.29) is 0 Å². The number of benzene rings is 6. The van der Waals surface area contributed by atoms with Crippen LogP contribution in [0.25, 0.3) is 71.7 Å². The van der Waals surface area contributed by atoms with E-state index in [1.165, 1.54) is 60.8 Å². The normalized spacial score (nSPS) is 15.7. The number of fused-ring (bicyclic) bond motifs is 12. The Bertz CT molecular complexity index is 2480. The second-order valence-electron chi connectivity index (χ2n) is 12.0. The monoisotopic (exact) mass is 561 g/mol. The van der Waals surface area contributed by atoms with Gasteiger partial charge in [-0.2, -0.15) is 0 Å². The molecule has 0 N–H and O–H groups in total. The fourth-order valence-corrected chi connectivity index (χ4v) is 7.85. The average molecular weight is 562 g/mol. The summed E-state index contributed by atoms with van der Waals surface area (Å²) in [7, 11) is 0. The minimum atomic E-state index is 0.322. The van der Waals surface area contributed by atoms with Crippen molar-refractivity contribution in [2.75, 3.05) is 0 Å². The van der Waals surface area contributed by atoms with Crippen molar-refractivity contribution in [3.05, 3.63) is 162 Å². The maximum absolute atomic E-state index is 6.68. The van der Waals surface area contributed by atoms with Crippen LogP contribution in [0, 0.1) is 0 Å². The molecule has 0 spiro atoms. The van der Waals surface area contributed by atoms with Crippen molar-refractivity contribution in [3.8, 4) is 16.8 Å². The number of allylic oxidation sites excluding steroid dienone is 4. The number of nitrogens with zero attached hydrogens (tertiary/aromatic N) is 1. The minimum absolute atomic E-state index is 0.322. The van der Waals surface area contributed by atoms with Crippen molar-refractivity contribution >= 4 is 54.9 Å². The van der Waals surface area contributed by atoms with Gasteiger partial charge in [-0.1, -0.05) is 115 Å². The van der Waals surface area contributed by atoms with E-state index in [0.717, 1.165) is 34.0 Å². The molecule has 2 aliphatic rings. The number of para-hydroxylation sites is 3. The standard InChI is InChI=1S/C42H27NO/c1-2-12-31-29(10-1)30-11-3-4-13-32(30)37-24-26(20-22-33(31)37)28-16-9-17-36-38-25-27(21-23-41(38)44-42(28)36)43-39-18-7-5-14-34(39)35-15-6-8-19-40(35)43/h1-23,25,37H,24H2. The van der Waals surface area contributed by atoms with Gasteiger partial charge in [-0.15, -0.1) is 0 Å².